The normalized spacial score (nSPS) is 14.8. The van der Waals surface area contributed by atoms with Crippen LogP contribution in [0.1, 0.15) is 43.9 Å². The number of unbranched alkanes of at least 4 members (excludes halogenated alkanes) is 1. The average Bonchev–Trinajstić information content (AvgIpc) is 3.29. The number of pyridine rings is 1. The summed E-state index contributed by atoms with van der Waals surface area (Å²) in [6.45, 7) is 5.30. The number of aryl methyl sites for hydroxylation is 3. The van der Waals surface area contributed by atoms with Gasteiger partial charge in [0.05, 0.1) is 11.5 Å². The van der Waals surface area contributed by atoms with E-state index in [0.29, 0.717) is 18.8 Å². The molecule has 0 radical (unpaired) electrons. The lowest BCUT2D eigenvalue weighted by atomic mass is 10.1. The number of aromatic nitrogens is 4. The Kier molecular flexibility index (Phi) is 9.29. The fraction of sp³-hybridized carbons (Fsp3) is 0.556. The molecular formula is C27H39N7O3. The fourth-order valence-electron chi connectivity index (χ4n) is 4.81. The molecule has 2 atom stereocenters. The van der Waals surface area contributed by atoms with Gasteiger partial charge >= 0.3 is 5.97 Å². The highest BCUT2D eigenvalue weighted by molar-refractivity contribution is 5.89. The summed E-state index contributed by atoms with van der Waals surface area (Å²) in [5.74, 6) is 0.694. The Hall–Kier alpha value is -3.24. The molecule has 0 amide bonds. The van der Waals surface area contributed by atoms with Gasteiger partial charge in [0.2, 0.25) is 0 Å². The third-order valence-electron chi connectivity index (χ3n) is 7.03. The molecule has 10 heteroatoms. The molecule has 1 aliphatic rings. The van der Waals surface area contributed by atoms with E-state index in [1.807, 2.05) is 30.8 Å². The summed E-state index contributed by atoms with van der Waals surface area (Å²) in [7, 11) is 3.61. The largest absolute Gasteiger partial charge is 0.480 e. The van der Waals surface area contributed by atoms with Gasteiger partial charge in [-0.25, -0.2) is 19.7 Å². The molecule has 0 bridgehead atoms. The van der Waals surface area contributed by atoms with Crippen LogP contribution < -0.4 is 10.6 Å². The SMILES string of the molecule is CO[C@H](C)CN(CCCCc1ccc2c(n1)NCCC2)CC[C@H](Nc1ncnc2c1ccn2C)C(=O)O. The van der Waals surface area contributed by atoms with Gasteiger partial charge in [-0.05, 0) is 69.7 Å². The van der Waals surface area contributed by atoms with Crippen LogP contribution in [-0.2, 0) is 29.4 Å². The molecule has 4 heterocycles. The summed E-state index contributed by atoms with van der Waals surface area (Å²) in [6.07, 6.45) is 9.09. The Morgan fingerprint density at radius 3 is 2.95 bits per heavy atom. The number of carboxylic acids is 1. The molecule has 0 aliphatic carbocycles. The summed E-state index contributed by atoms with van der Waals surface area (Å²) in [5.41, 5.74) is 3.20. The van der Waals surface area contributed by atoms with E-state index in [1.54, 1.807) is 7.11 Å². The zero-order valence-corrected chi connectivity index (χ0v) is 22.1. The van der Waals surface area contributed by atoms with E-state index < -0.39 is 12.0 Å². The molecule has 0 aromatic carbocycles. The number of hydrogen-bond donors (Lipinski definition) is 3. The van der Waals surface area contributed by atoms with Crippen LogP contribution in [-0.4, -0.2) is 80.9 Å². The van der Waals surface area contributed by atoms with E-state index in [1.165, 1.54) is 11.9 Å². The molecule has 0 unspecified atom stereocenters. The molecule has 3 aromatic heterocycles. The predicted molar refractivity (Wildman–Crippen MR) is 145 cm³/mol. The zero-order chi connectivity index (χ0) is 26.2. The molecule has 0 saturated heterocycles. The predicted octanol–water partition coefficient (Wildman–Crippen LogP) is 3.34. The average molecular weight is 510 g/mol. The Labute approximate surface area is 218 Å². The number of methoxy groups -OCH3 is 1. The number of aliphatic carboxylic acids is 1. The Morgan fingerprint density at radius 2 is 2.14 bits per heavy atom. The molecule has 0 saturated carbocycles. The Balaban J connectivity index is 1.32. The highest BCUT2D eigenvalue weighted by atomic mass is 16.5. The summed E-state index contributed by atoms with van der Waals surface area (Å²) in [6, 6.07) is 5.49. The second kappa shape index (κ2) is 12.8. The van der Waals surface area contributed by atoms with Crippen molar-refractivity contribution in [3.8, 4) is 0 Å². The highest BCUT2D eigenvalue weighted by Crippen LogP contribution is 2.22. The van der Waals surface area contributed by atoms with Crippen LogP contribution in [0.2, 0.25) is 0 Å². The van der Waals surface area contributed by atoms with Gasteiger partial charge < -0.3 is 29.9 Å². The van der Waals surface area contributed by atoms with Crippen LogP contribution in [0.3, 0.4) is 0 Å². The second-order valence-electron chi connectivity index (χ2n) is 9.85. The van der Waals surface area contributed by atoms with E-state index in [-0.39, 0.29) is 6.10 Å². The minimum atomic E-state index is -0.894. The molecule has 3 N–H and O–H groups in total. The first-order chi connectivity index (χ1) is 17.9. The van der Waals surface area contributed by atoms with Crippen molar-refractivity contribution in [2.75, 3.05) is 43.9 Å². The minimum absolute atomic E-state index is 0.0652. The maximum Gasteiger partial charge on any atom is 0.326 e. The van der Waals surface area contributed by atoms with Crippen molar-refractivity contribution in [2.45, 2.75) is 57.6 Å². The molecule has 37 heavy (non-hydrogen) atoms. The van der Waals surface area contributed by atoms with Crippen molar-refractivity contribution < 1.29 is 14.6 Å². The molecule has 3 aromatic rings. The van der Waals surface area contributed by atoms with Crippen LogP contribution in [0.15, 0.2) is 30.7 Å². The van der Waals surface area contributed by atoms with Crippen molar-refractivity contribution in [3.05, 3.63) is 42.0 Å². The quantitative estimate of drug-likeness (QED) is 0.281. The van der Waals surface area contributed by atoms with Crippen molar-refractivity contribution in [1.82, 2.24) is 24.4 Å². The van der Waals surface area contributed by atoms with E-state index in [2.05, 4.69) is 37.6 Å². The first-order valence-electron chi connectivity index (χ1n) is 13.2. The number of hydrogen-bond acceptors (Lipinski definition) is 8. The third kappa shape index (κ3) is 7.17. The van der Waals surface area contributed by atoms with Gasteiger partial charge in [-0.1, -0.05) is 6.07 Å². The molecule has 200 valence electrons. The number of carboxylic acid groups (broad SMARTS) is 1. The zero-order valence-electron chi connectivity index (χ0n) is 22.1. The second-order valence-corrected chi connectivity index (χ2v) is 9.85. The maximum absolute atomic E-state index is 12.1. The van der Waals surface area contributed by atoms with Gasteiger partial charge in [-0.15, -0.1) is 0 Å². The lowest BCUT2D eigenvalue weighted by molar-refractivity contribution is -0.138. The number of fused-ring (bicyclic) bond motifs is 2. The first kappa shape index (κ1) is 26.8. The smallest absolute Gasteiger partial charge is 0.326 e. The molecule has 0 spiro atoms. The lowest BCUT2D eigenvalue weighted by Gasteiger charge is -2.27. The van der Waals surface area contributed by atoms with Crippen molar-refractivity contribution >= 4 is 28.6 Å². The van der Waals surface area contributed by atoms with Crippen molar-refractivity contribution in [3.63, 3.8) is 0 Å². The number of ether oxygens (including phenoxy) is 1. The standard InChI is InChI=1S/C27H39N7O3/c1-19(37-3)17-34(14-5-4-8-21-10-9-20-7-6-13-28-24(20)31-21)16-12-23(27(35)36)32-25-22-11-15-33(2)26(22)30-18-29-25/h9-11,15,18-19,23H,4-8,12-14,16-17H2,1-3H3,(H,28,31)(H,35,36)(H,29,30,32)/t19-,23+/m1/s1. The van der Waals surface area contributed by atoms with E-state index in [9.17, 15) is 9.90 Å². The number of nitrogens with one attached hydrogen (secondary N) is 2. The Bertz CT molecular complexity index is 1180. The molecular weight excluding hydrogens is 470 g/mol. The van der Waals surface area contributed by atoms with Crippen LogP contribution in [0.4, 0.5) is 11.6 Å². The number of carbonyl (C=O) groups is 1. The number of nitrogens with zero attached hydrogens (tertiary/aromatic N) is 5. The molecule has 10 nitrogen and oxygen atoms in total. The van der Waals surface area contributed by atoms with Gasteiger partial charge in [-0.2, -0.15) is 0 Å². The van der Waals surface area contributed by atoms with E-state index in [0.717, 1.165) is 74.3 Å². The fourth-order valence-corrected chi connectivity index (χ4v) is 4.81. The minimum Gasteiger partial charge on any atom is -0.480 e. The molecule has 1 aliphatic heterocycles. The first-order valence-corrected chi connectivity index (χ1v) is 13.2. The van der Waals surface area contributed by atoms with Gasteiger partial charge in [0.1, 0.15) is 29.7 Å². The van der Waals surface area contributed by atoms with E-state index in [4.69, 9.17) is 9.72 Å². The van der Waals surface area contributed by atoms with Crippen LogP contribution >= 0.6 is 0 Å². The monoisotopic (exact) mass is 509 g/mol. The van der Waals surface area contributed by atoms with Gasteiger partial charge in [-0.3, -0.25) is 0 Å². The van der Waals surface area contributed by atoms with Crippen LogP contribution in [0.5, 0.6) is 0 Å². The number of rotatable bonds is 14. The Morgan fingerprint density at radius 1 is 1.27 bits per heavy atom. The van der Waals surface area contributed by atoms with Crippen molar-refractivity contribution in [1.29, 1.82) is 0 Å². The van der Waals surface area contributed by atoms with Gasteiger partial charge in [0.25, 0.3) is 0 Å². The van der Waals surface area contributed by atoms with Gasteiger partial charge in [0.15, 0.2) is 0 Å². The third-order valence-corrected chi connectivity index (χ3v) is 7.03. The van der Waals surface area contributed by atoms with Crippen LogP contribution in [0, 0.1) is 0 Å². The topological polar surface area (TPSA) is 117 Å². The highest BCUT2D eigenvalue weighted by Gasteiger charge is 2.21. The summed E-state index contributed by atoms with van der Waals surface area (Å²) >= 11 is 0. The molecule has 4 rings (SSSR count). The van der Waals surface area contributed by atoms with Crippen molar-refractivity contribution in [2.24, 2.45) is 7.05 Å². The molecule has 0 fully saturated rings. The lowest BCUT2D eigenvalue weighted by Crippen LogP contribution is -2.38. The number of anilines is 2. The maximum atomic E-state index is 12.1. The summed E-state index contributed by atoms with van der Waals surface area (Å²) in [4.78, 5) is 27.8. The van der Waals surface area contributed by atoms with Gasteiger partial charge in [0, 0.05) is 45.7 Å². The van der Waals surface area contributed by atoms with E-state index >= 15 is 0 Å². The van der Waals surface area contributed by atoms with Crippen LogP contribution in [0.25, 0.3) is 11.0 Å². The summed E-state index contributed by atoms with van der Waals surface area (Å²) < 4.78 is 7.39. The summed E-state index contributed by atoms with van der Waals surface area (Å²) in [5, 5.41) is 17.3.